The van der Waals surface area contributed by atoms with E-state index in [-0.39, 0.29) is 12.3 Å². The van der Waals surface area contributed by atoms with E-state index >= 15 is 0 Å². The Morgan fingerprint density at radius 1 is 1.20 bits per heavy atom. The highest BCUT2D eigenvalue weighted by atomic mass is 32.2. The minimum atomic E-state index is -0.921. The Balaban J connectivity index is 1.66. The number of carbonyl (C=O) groups excluding carboxylic acids is 2. The third-order valence-electron chi connectivity index (χ3n) is 4.84. The number of fused-ring (bicyclic) bond motifs is 1. The Labute approximate surface area is 179 Å². The summed E-state index contributed by atoms with van der Waals surface area (Å²) >= 11 is 1.42. The van der Waals surface area contributed by atoms with Gasteiger partial charge in [-0.1, -0.05) is 30.8 Å². The third-order valence-corrected chi connectivity index (χ3v) is 5.38. The lowest BCUT2D eigenvalue weighted by Crippen LogP contribution is -2.30. The van der Waals surface area contributed by atoms with E-state index in [0.29, 0.717) is 27.9 Å². The Hall–Kier alpha value is -2.94. The predicted octanol–water partition coefficient (Wildman–Crippen LogP) is 3.14. The molecule has 2 aromatic heterocycles. The third kappa shape index (κ3) is 4.79. The van der Waals surface area contributed by atoms with Gasteiger partial charge in [0.1, 0.15) is 0 Å². The fourth-order valence-electron chi connectivity index (χ4n) is 3.04. The molecule has 30 heavy (non-hydrogen) atoms. The Morgan fingerprint density at radius 3 is 2.53 bits per heavy atom. The fraction of sp³-hybridized carbons (Fsp3) is 0.381. The van der Waals surface area contributed by atoms with Crippen molar-refractivity contribution < 1.29 is 14.3 Å². The Kier molecular flexibility index (Phi) is 6.71. The number of thioether (sulfide) groups is 1. The zero-order chi connectivity index (χ0) is 21.8. The van der Waals surface area contributed by atoms with Crippen molar-refractivity contribution in [1.29, 1.82) is 0 Å². The normalized spacial score (nSPS) is 12.0. The monoisotopic (exact) mass is 427 g/mol. The molecule has 0 aliphatic rings. The molecule has 9 heteroatoms. The highest BCUT2D eigenvalue weighted by molar-refractivity contribution is 7.98. The van der Waals surface area contributed by atoms with Crippen molar-refractivity contribution in [3.8, 4) is 0 Å². The first-order valence-corrected chi connectivity index (χ1v) is 10.9. The number of rotatable bonds is 7. The topological polar surface area (TPSA) is 98.5 Å². The van der Waals surface area contributed by atoms with Crippen LogP contribution in [0, 0.1) is 13.8 Å². The zero-order valence-electron chi connectivity index (χ0n) is 17.7. The van der Waals surface area contributed by atoms with Crippen molar-refractivity contribution in [2.75, 3.05) is 11.6 Å². The van der Waals surface area contributed by atoms with Crippen LogP contribution in [0.2, 0.25) is 0 Å². The van der Waals surface area contributed by atoms with Gasteiger partial charge < -0.3 is 10.1 Å². The molecule has 1 unspecified atom stereocenters. The summed E-state index contributed by atoms with van der Waals surface area (Å²) in [5.74, 6) is -0.389. The molecule has 1 amide bonds. The first kappa shape index (κ1) is 21.8. The van der Waals surface area contributed by atoms with Crippen LogP contribution in [-0.2, 0) is 27.2 Å². The first-order chi connectivity index (χ1) is 14.3. The zero-order valence-corrected chi connectivity index (χ0v) is 18.5. The van der Waals surface area contributed by atoms with Crippen LogP contribution in [0.5, 0.6) is 0 Å². The van der Waals surface area contributed by atoms with Crippen LogP contribution in [0.1, 0.15) is 36.4 Å². The second-order valence-electron chi connectivity index (χ2n) is 6.92. The number of aromatic nitrogens is 4. The highest BCUT2D eigenvalue weighted by Crippen LogP contribution is 2.18. The molecule has 0 spiro atoms. The largest absolute Gasteiger partial charge is 0.452 e. The lowest BCUT2D eigenvalue weighted by Gasteiger charge is -2.15. The number of hydrogen-bond donors (Lipinski definition) is 1. The van der Waals surface area contributed by atoms with E-state index in [0.717, 1.165) is 12.1 Å². The molecular weight excluding hydrogens is 402 g/mol. The summed E-state index contributed by atoms with van der Waals surface area (Å²) in [5, 5.41) is 7.76. The van der Waals surface area contributed by atoms with Crippen molar-refractivity contribution in [2.24, 2.45) is 0 Å². The average Bonchev–Trinajstić information content (AvgIpc) is 3.14. The molecule has 0 radical (unpaired) electrons. The number of esters is 1. The van der Waals surface area contributed by atoms with Gasteiger partial charge in [-0.05, 0) is 51.1 Å². The summed E-state index contributed by atoms with van der Waals surface area (Å²) in [7, 11) is 0. The van der Waals surface area contributed by atoms with Gasteiger partial charge in [0.15, 0.2) is 6.10 Å². The average molecular weight is 428 g/mol. The number of ether oxygens (including phenoxy) is 1. The quantitative estimate of drug-likeness (QED) is 0.457. The highest BCUT2D eigenvalue weighted by Gasteiger charge is 2.21. The smallest absolute Gasteiger partial charge is 0.311 e. The molecule has 158 valence electrons. The number of nitrogens with zero attached hydrogens (tertiary/aromatic N) is 4. The van der Waals surface area contributed by atoms with E-state index in [1.165, 1.54) is 17.3 Å². The summed E-state index contributed by atoms with van der Waals surface area (Å²) in [6.45, 7) is 7.30. The number of hydrogen-bond acceptors (Lipinski definition) is 7. The van der Waals surface area contributed by atoms with Crippen LogP contribution in [0.15, 0.2) is 29.4 Å². The van der Waals surface area contributed by atoms with Gasteiger partial charge >= 0.3 is 5.97 Å². The lowest BCUT2D eigenvalue weighted by atomic mass is 10.1. The first-order valence-electron chi connectivity index (χ1n) is 9.68. The second-order valence-corrected chi connectivity index (χ2v) is 7.69. The second kappa shape index (κ2) is 9.25. The summed E-state index contributed by atoms with van der Waals surface area (Å²) < 4.78 is 6.98. The summed E-state index contributed by atoms with van der Waals surface area (Å²) in [6.07, 6.45) is 1.89. The van der Waals surface area contributed by atoms with Crippen LogP contribution in [-0.4, -0.2) is 43.8 Å². The van der Waals surface area contributed by atoms with Gasteiger partial charge in [-0.3, -0.25) is 9.59 Å². The van der Waals surface area contributed by atoms with Crippen molar-refractivity contribution in [2.45, 2.75) is 51.8 Å². The number of aryl methyl sites for hydroxylation is 3. The fourth-order valence-corrected chi connectivity index (χ4v) is 3.37. The van der Waals surface area contributed by atoms with Gasteiger partial charge in [-0.2, -0.15) is 4.98 Å². The van der Waals surface area contributed by atoms with Crippen molar-refractivity contribution >= 4 is 35.1 Å². The van der Waals surface area contributed by atoms with Gasteiger partial charge in [0, 0.05) is 22.6 Å². The molecule has 1 N–H and O–H groups in total. The van der Waals surface area contributed by atoms with Gasteiger partial charge in [-0.25, -0.2) is 9.50 Å². The van der Waals surface area contributed by atoms with E-state index in [4.69, 9.17) is 4.74 Å². The van der Waals surface area contributed by atoms with Gasteiger partial charge in [0.05, 0.1) is 6.42 Å². The van der Waals surface area contributed by atoms with Crippen LogP contribution < -0.4 is 5.32 Å². The summed E-state index contributed by atoms with van der Waals surface area (Å²) in [4.78, 5) is 33.6. The maximum atomic E-state index is 12.5. The molecule has 3 rings (SSSR count). The summed E-state index contributed by atoms with van der Waals surface area (Å²) in [6, 6.07) is 7.57. The maximum Gasteiger partial charge on any atom is 0.311 e. The van der Waals surface area contributed by atoms with Crippen molar-refractivity contribution in [3.63, 3.8) is 0 Å². The number of carbonyl (C=O) groups is 2. The number of anilines is 1. The molecule has 0 aliphatic carbocycles. The standard InChI is InChI=1S/C21H25N5O3S/c1-6-15-7-9-16(10-8-15)23-19(28)14(4)29-18(27)11-17-12(2)22-20-24-21(30-5)25-26(20)13(17)3/h7-10,14H,6,11H2,1-5H3,(H,23,28). The SMILES string of the molecule is CCc1ccc(NC(=O)C(C)OC(=O)Cc2c(C)nc3nc(SC)nn3c2C)cc1. The molecule has 3 aromatic rings. The van der Waals surface area contributed by atoms with Gasteiger partial charge in [-0.15, -0.1) is 5.10 Å². The molecule has 0 saturated heterocycles. The van der Waals surface area contributed by atoms with Crippen molar-refractivity contribution in [1.82, 2.24) is 19.6 Å². The Morgan fingerprint density at radius 2 is 1.90 bits per heavy atom. The minimum Gasteiger partial charge on any atom is -0.452 e. The molecule has 0 bridgehead atoms. The molecule has 8 nitrogen and oxygen atoms in total. The maximum absolute atomic E-state index is 12.5. The van der Waals surface area contributed by atoms with E-state index in [1.807, 2.05) is 44.4 Å². The minimum absolute atomic E-state index is 0.00210. The molecule has 0 fully saturated rings. The molecule has 1 aromatic carbocycles. The van der Waals surface area contributed by atoms with Crippen LogP contribution in [0.3, 0.4) is 0 Å². The van der Waals surface area contributed by atoms with E-state index in [9.17, 15) is 9.59 Å². The lowest BCUT2D eigenvalue weighted by molar-refractivity contribution is -0.152. The van der Waals surface area contributed by atoms with Crippen LogP contribution in [0.25, 0.3) is 5.78 Å². The Bertz CT molecular complexity index is 1080. The molecule has 1 atom stereocenters. The van der Waals surface area contributed by atoms with Crippen LogP contribution >= 0.6 is 11.8 Å². The number of nitrogens with one attached hydrogen (secondary N) is 1. The molecule has 0 aliphatic heterocycles. The number of benzene rings is 1. The van der Waals surface area contributed by atoms with E-state index in [2.05, 4.69) is 27.3 Å². The molecule has 0 saturated carbocycles. The van der Waals surface area contributed by atoms with Gasteiger partial charge in [0.2, 0.25) is 5.16 Å². The van der Waals surface area contributed by atoms with Crippen LogP contribution in [0.4, 0.5) is 5.69 Å². The molecular formula is C21H25N5O3S. The van der Waals surface area contributed by atoms with Crippen molar-refractivity contribution in [3.05, 3.63) is 46.8 Å². The predicted molar refractivity (Wildman–Crippen MR) is 116 cm³/mol. The summed E-state index contributed by atoms with van der Waals surface area (Å²) in [5.41, 5.74) is 4.02. The number of amides is 1. The van der Waals surface area contributed by atoms with Gasteiger partial charge in [0.25, 0.3) is 11.7 Å². The van der Waals surface area contributed by atoms with E-state index < -0.39 is 12.1 Å². The molecule has 2 heterocycles. The van der Waals surface area contributed by atoms with E-state index in [1.54, 1.807) is 11.4 Å².